The van der Waals surface area contributed by atoms with Crippen LogP contribution in [0.5, 0.6) is 0 Å². The van der Waals surface area contributed by atoms with Gasteiger partial charge in [-0.3, -0.25) is 4.79 Å². The minimum Gasteiger partial charge on any atom is -0.353 e. The van der Waals surface area contributed by atoms with Crippen LogP contribution in [-0.2, 0) is 4.79 Å². The first kappa shape index (κ1) is 13.4. The Hall–Kier alpha value is -0.570. The van der Waals surface area contributed by atoms with Crippen LogP contribution in [0.3, 0.4) is 0 Å². The van der Waals surface area contributed by atoms with Crippen LogP contribution >= 0.6 is 0 Å². The minimum atomic E-state index is 0. The van der Waals surface area contributed by atoms with Gasteiger partial charge in [0, 0.05) is 13.4 Å². The van der Waals surface area contributed by atoms with Crippen molar-refractivity contribution in [3.8, 4) is 0 Å². The molecule has 1 saturated heterocycles. The number of nitrogens with one attached hydrogen (secondary N) is 2. The Morgan fingerprint density at radius 1 is 1.36 bits per heavy atom. The molecule has 1 aliphatic rings. The fraction of sp³-hybridized carbons (Fsp3) is 0.909. The molecule has 3 heteroatoms. The molecule has 0 spiro atoms. The molecule has 1 heterocycles. The molecule has 1 aliphatic heterocycles. The quantitative estimate of drug-likeness (QED) is 0.716. The van der Waals surface area contributed by atoms with Gasteiger partial charge in [0.05, 0.1) is 0 Å². The van der Waals surface area contributed by atoms with Crippen molar-refractivity contribution >= 4 is 5.91 Å². The molecule has 0 aliphatic carbocycles. The first-order valence-corrected chi connectivity index (χ1v) is 5.71. The molecule has 0 aromatic rings. The van der Waals surface area contributed by atoms with Gasteiger partial charge in [0.2, 0.25) is 5.91 Å². The highest BCUT2D eigenvalue weighted by Gasteiger charge is 2.16. The van der Waals surface area contributed by atoms with Crippen LogP contribution in [0.4, 0.5) is 0 Å². The molecule has 1 rings (SSSR count). The Morgan fingerprint density at radius 3 is 2.29 bits per heavy atom. The van der Waals surface area contributed by atoms with Gasteiger partial charge in [-0.05, 0) is 25.9 Å². The van der Waals surface area contributed by atoms with Crippen molar-refractivity contribution in [1.82, 2.24) is 10.6 Å². The predicted octanol–water partition coefficient (Wildman–Crippen LogP) is 1.78. The fourth-order valence-corrected chi connectivity index (χ4v) is 1.33. The summed E-state index contributed by atoms with van der Waals surface area (Å²) in [4.78, 5) is 11.3. The lowest BCUT2D eigenvalue weighted by atomic mass is 10.1. The first-order chi connectivity index (χ1) is 6.70. The van der Waals surface area contributed by atoms with Gasteiger partial charge in [0.1, 0.15) is 0 Å². The largest absolute Gasteiger partial charge is 0.353 e. The Labute approximate surface area is 89.1 Å². The lowest BCUT2D eigenvalue weighted by molar-refractivity contribution is -0.124. The monoisotopic (exact) mass is 202 g/mol. The SMILES string of the molecule is CC.CC(C)C(=O)NC1CCNCC1.[HH]. The number of piperidine rings is 1. The van der Waals surface area contributed by atoms with Gasteiger partial charge in [-0.1, -0.05) is 27.7 Å². The third-order valence-corrected chi connectivity index (χ3v) is 2.21. The molecular formula is C11H26N2O. The first-order valence-electron chi connectivity index (χ1n) is 5.71. The van der Waals surface area contributed by atoms with Crippen molar-refractivity contribution in [2.24, 2.45) is 5.92 Å². The summed E-state index contributed by atoms with van der Waals surface area (Å²) in [6, 6.07) is 0.404. The van der Waals surface area contributed by atoms with Crippen molar-refractivity contribution in [3.63, 3.8) is 0 Å². The zero-order valence-corrected chi connectivity index (χ0v) is 9.89. The molecule has 0 aromatic carbocycles. The summed E-state index contributed by atoms with van der Waals surface area (Å²) < 4.78 is 0. The van der Waals surface area contributed by atoms with Crippen molar-refractivity contribution in [1.29, 1.82) is 0 Å². The second-order valence-corrected chi connectivity index (χ2v) is 3.69. The molecule has 3 nitrogen and oxygen atoms in total. The average Bonchev–Trinajstić information content (AvgIpc) is 2.22. The van der Waals surface area contributed by atoms with Gasteiger partial charge in [0.25, 0.3) is 0 Å². The number of carbonyl (C=O) groups is 1. The molecule has 14 heavy (non-hydrogen) atoms. The van der Waals surface area contributed by atoms with Crippen LogP contribution in [0.2, 0.25) is 0 Å². The molecule has 0 aromatic heterocycles. The standard InChI is InChI=1S/C9H18N2O.C2H6.H2/c1-7(2)9(12)11-8-3-5-10-6-4-8;1-2;/h7-8,10H,3-6H2,1-2H3,(H,11,12);1-2H3;1H. The second kappa shape index (κ2) is 7.80. The van der Waals surface area contributed by atoms with Gasteiger partial charge in [-0.2, -0.15) is 0 Å². The van der Waals surface area contributed by atoms with Gasteiger partial charge < -0.3 is 10.6 Å². The number of hydrogen-bond donors (Lipinski definition) is 2. The maximum atomic E-state index is 11.3. The fourth-order valence-electron chi connectivity index (χ4n) is 1.33. The van der Waals surface area contributed by atoms with E-state index in [4.69, 9.17) is 0 Å². The maximum absolute atomic E-state index is 11.3. The molecular weight excluding hydrogens is 176 g/mol. The summed E-state index contributed by atoms with van der Waals surface area (Å²) >= 11 is 0. The number of amides is 1. The van der Waals surface area contributed by atoms with Crippen molar-refractivity contribution in [2.45, 2.75) is 46.6 Å². The number of hydrogen-bond acceptors (Lipinski definition) is 2. The van der Waals surface area contributed by atoms with E-state index < -0.39 is 0 Å². The Balaban J connectivity index is 0. The predicted molar refractivity (Wildman–Crippen MR) is 62.3 cm³/mol. The summed E-state index contributed by atoms with van der Waals surface area (Å²) in [5, 5.41) is 6.31. The van der Waals surface area contributed by atoms with E-state index in [1.54, 1.807) is 0 Å². The van der Waals surface area contributed by atoms with Gasteiger partial charge in [-0.25, -0.2) is 0 Å². The topological polar surface area (TPSA) is 41.1 Å². The third kappa shape index (κ3) is 5.22. The van der Waals surface area contributed by atoms with Crippen molar-refractivity contribution < 1.29 is 6.22 Å². The Bertz CT molecular complexity index is 157. The summed E-state index contributed by atoms with van der Waals surface area (Å²) in [5.41, 5.74) is 0. The van der Waals surface area contributed by atoms with E-state index >= 15 is 0 Å². The van der Waals surface area contributed by atoms with Crippen LogP contribution < -0.4 is 10.6 Å². The van der Waals surface area contributed by atoms with E-state index in [0.29, 0.717) is 6.04 Å². The van der Waals surface area contributed by atoms with Crippen LogP contribution in [0.25, 0.3) is 0 Å². The molecule has 1 fully saturated rings. The van der Waals surface area contributed by atoms with Crippen LogP contribution in [0.1, 0.15) is 42.0 Å². The highest BCUT2D eigenvalue weighted by atomic mass is 16.1. The summed E-state index contributed by atoms with van der Waals surface area (Å²) in [6.45, 7) is 9.92. The number of rotatable bonds is 2. The van der Waals surface area contributed by atoms with E-state index in [9.17, 15) is 4.79 Å². The zero-order valence-electron chi connectivity index (χ0n) is 9.89. The Morgan fingerprint density at radius 2 is 1.86 bits per heavy atom. The second-order valence-electron chi connectivity index (χ2n) is 3.69. The van der Waals surface area contributed by atoms with Gasteiger partial charge >= 0.3 is 0 Å². The van der Waals surface area contributed by atoms with Gasteiger partial charge in [-0.15, -0.1) is 0 Å². The van der Waals surface area contributed by atoms with E-state index in [1.165, 1.54) is 0 Å². The van der Waals surface area contributed by atoms with E-state index in [1.807, 2.05) is 27.7 Å². The maximum Gasteiger partial charge on any atom is 0.222 e. The molecule has 86 valence electrons. The van der Waals surface area contributed by atoms with Crippen molar-refractivity contribution in [3.05, 3.63) is 0 Å². The van der Waals surface area contributed by atoms with Crippen LogP contribution in [-0.4, -0.2) is 25.0 Å². The average molecular weight is 202 g/mol. The van der Waals surface area contributed by atoms with E-state index in [0.717, 1.165) is 25.9 Å². The van der Waals surface area contributed by atoms with Crippen molar-refractivity contribution in [2.75, 3.05) is 13.1 Å². The lowest BCUT2D eigenvalue weighted by Gasteiger charge is -2.24. The summed E-state index contributed by atoms with van der Waals surface area (Å²) in [6.07, 6.45) is 2.14. The van der Waals surface area contributed by atoms with Crippen LogP contribution in [0, 0.1) is 5.92 Å². The molecule has 0 bridgehead atoms. The minimum absolute atomic E-state index is 0. The molecule has 1 amide bonds. The molecule has 0 saturated carbocycles. The van der Waals surface area contributed by atoms with E-state index in [2.05, 4.69) is 10.6 Å². The zero-order chi connectivity index (χ0) is 11.0. The lowest BCUT2D eigenvalue weighted by Crippen LogP contribution is -2.44. The van der Waals surface area contributed by atoms with Crippen LogP contribution in [0.15, 0.2) is 0 Å². The molecule has 0 atom stereocenters. The Kier molecular flexibility index (Phi) is 7.48. The molecule has 0 unspecified atom stereocenters. The number of carbonyl (C=O) groups excluding carboxylic acids is 1. The normalized spacial score (nSPS) is 17.2. The van der Waals surface area contributed by atoms with E-state index in [-0.39, 0.29) is 13.3 Å². The molecule has 2 N–H and O–H groups in total. The smallest absolute Gasteiger partial charge is 0.222 e. The van der Waals surface area contributed by atoms with Gasteiger partial charge in [0.15, 0.2) is 0 Å². The highest BCUT2D eigenvalue weighted by molar-refractivity contribution is 5.78. The molecule has 0 radical (unpaired) electrons. The highest BCUT2D eigenvalue weighted by Crippen LogP contribution is 2.03. The summed E-state index contributed by atoms with van der Waals surface area (Å²) in [7, 11) is 0. The summed E-state index contributed by atoms with van der Waals surface area (Å²) in [5.74, 6) is 0.293. The third-order valence-electron chi connectivity index (χ3n) is 2.21.